The van der Waals surface area contributed by atoms with Gasteiger partial charge in [-0.1, -0.05) is 12.1 Å². The molecule has 0 aliphatic rings. The number of ether oxygens (including phenoxy) is 1. The van der Waals surface area contributed by atoms with Crippen LogP contribution < -0.4 is 11.1 Å². The second-order valence-corrected chi connectivity index (χ2v) is 4.72. The van der Waals surface area contributed by atoms with Crippen LogP contribution in [-0.4, -0.2) is 40.4 Å². The van der Waals surface area contributed by atoms with Gasteiger partial charge in [0.15, 0.2) is 0 Å². The predicted molar refractivity (Wildman–Crippen MR) is 77.8 cm³/mol. The van der Waals surface area contributed by atoms with Crippen LogP contribution in [0.1, 0.15) is 18.5 Å². The summed E-state index contributed by atoms with van der Waals surface area (Å²) in [6.07, 6.45) is 3.11. The summed E-state index contributed by atoms with van der Waals surface area (Å²) in [5.41, 5.74) is 7.58. The summed E-state index contributed by atoms with van der Waals surface area (Å²) in [6.45, 7) is 2.10. The van der Waals surface area contributed by atoms with Gasteiger partial charge in [-0.3, -0.25) is 4.79 Å². The van der Waals surface area contributed by atoms with Gasteiger partial charge in [-0.25, -0.2) is 9.67 Å². The Labute approximate surface area is 123 Å². The highest BCUT2D eigenvalue weighted by molar-refractivity contribution is 5.82. The minimum atomic E-state index is -0.660. The molecule has 7 nitrogen and oxygen atoms in total. The number of rotatable bonds is 6. The number of carbonyl (C=O) groups is 1. The number of benzene rings is 1. The molecule has 0 saturated carbocycles. The van der Waals surface area contributed by atoms with Crippen LogP contribution in [-0.2, 0) is 9.53 Å². The highest BCUT2D eigenvalue weighted by Crippen LogP contribution is 2.15. The van der Waals surface area contributed by atoms with E-state index in [1.807, 2.05) is 31.2 Å². The monoisotopic (exact) mass is 289 g/mol. The van der Waals surface area contributed by atoms with Crippen molar-refractivity contribution >= 4 is 5.91 Å². The smallest absolute Gasteiger partial charge is 0.239 e. The average Bonchev–Trinajstić information content (AvgIpc) is 3.01. The number of amides is 1. The van der Waals surface area contributed by atoms with E-state index >= 15 is 0 Å². The fourth-order valence-electron chi connectivity index (χ4n) is 1.92. The van der Waals surface area contributed by atoms with Crippen molar-refractivity contribution in [2.75, 3.05) is 13.7 Å². The van der Waals surface area contributed by atoms with Crippen molar-refractivity contribution in [3.05, 3.63) is 42.5 Å². The van der Waals surface area contributed by atoms with Crippen LogP contribution in [0.5, 0.6) is 0 Å². The lowest BCUT2D eigenvalue weighted by Crippen LogP contribution is -2.44. The van der Waals surface area contributed by atoms with Crippen LogP contribution in [0.25, 0.3) is 5.69 Å². The Morgan fingerprint density at radius 2 is 2.14 bits per heavy atom. The molecule has 1 aromatic carbocycles. The normalized spacial score (nSPS) is 13.7. The second-order valence-electron chi connectivity index (χ2n) is 4.72. The van der Waals surface area contributed by atoms with Gasteiger partial charge < -0.3 is 15.8 Å². The lowest BCUT2D eigenvalue weighted by molar-refractivity contribution is -0.124. The molecule has 0 radical (unpaired) electrons. The Hall–Kier alpha value is -2.25. The highest BCUT2D eigenvalue weighted by atomic mass is 16.5. The average molecular weight is 289 g/mol. The Balaban J connectivity index is 2.00. The highest BCUT2D eigenvalue weighted by Gasteiger charge is 2.16. The molecular weight excluding hydrogens is 270 g/mol. The third kappa shape index (κ3) is 3.87. The van der Waals surface area contributed by atoms with E-state index in [0.717, 1.165) is 11.3 Å². The van der Waals surface area contributed by atoms with E-state index in [2.05, 4.69) is 15.4 Å². The van der Waals surface area contributed by atoms with Gasteiger partial charge in [0.25, 0.3) is 0 Å². The maximum absolute atomic E-state index is 11.8. The summed E-state index contributed by atoms with van der Waals surface area (Å²) in [5.74, 6) is -0.232. The summed E-state index contributed by atoms with van der Waals surface area (Å²) >= 11 is 0. The van der Waals surface area contributed by atoms with Crippen LogP contribution in [0.4, 0.5) is 0 Å². The first-order valence-corrected chi connectivity index (χ1v) is 6.61. The van der Waals surface area contributed by atoms with Crippen molar-refractivity contribution in [3.8, 4) is 5.69 Å². The molecule has 0 saturated heterocycles. The number of nitrogens with zero attached hydrogens (tertiary/aromatic N) is 3. The maximum Gasteiger partial charge on any atom is 0.239 e. The third-order valence-corrected chi connectivity index (χ3v) is 3.12. The van der Waals surface area contributed by atoms with Crippen LogP contribution >= 0.6 is 0 Å². The molecule has 0 aliphatic heterocycles. The number of nitrogens with one attached hydrogen (secondary N) is 1. The van der Waals surface area contributed by atoms with E-state index in [4.69, 9.17) is 10.5 Å². The molecule has 3 N–H and O–H groups in total. The van der Waals surface area contributed by atoms with Crippen LogP contribution in [0, 0.1) is 0 Å². The summed E-state index contributed by atoms with van der Waals surface area (Å²) in [6, 6.07) is 6.91. The summed E-state index contributed by atoms with van der Waals surface area (Å²) < 4.78 is 6.54. The quantitative estimate of drug-likeness (QED) is 0.803. The lowest BCUT2D eigenvalue weighted by Gasteiger charge is -2.17. The topological polar surface area (TPSA) is 95.1 Å². The Morgan fingerprint density at radius 1 is 1.43 bits per heavy atom. The van der Waals surface area contributed by atoms with E-state index in [-0.39, 0.29) is 18.6 Å². The van der Waals surface area contributed by atoms with Gasteiger partial charge in [0.1, 0.15) is 18.7 Å². The van der Waals surface area contributed by atoms with Crippen molar-refractivity contribution in [2.45, 2.75) is 19.0 Å². The van der Waals surface area contributed by atoms with Crippen LogP contribution in [0.2, 0.25) is 0 Å². The molecule has 1 heterocycles. The minimum absolute atomic E-state index is 0.134. The molecule has 7 heteroatoms. The number of carbonyl (C=O) groups excluding carboxylic acids is 1. The van der Waals surface area contributed by atoms with Gasteiger partial charge in [0.05, 0.1) is 18.3 Å². The first-order chi connectivity index (χ1) is 10.1. The number of aromatic nitrogens is 3. The molecule has 0 aliphatic carbocycles. The second kappa shape index (κ2) is 6.96. The van der Waals surface area contributed by atoms with Gasteiger partial charge in [-0.15, -0.1) is 0 Å². The largest absolute Gasteiger partial charge is 0.383 e. The summed E-state index contributed by atoms with van der Waals surface area (Å²) in [7, 11) is 1.51. The SMILES string of the molecule is COCC(N)C(=O)NC(C)c1ccc(-n2cncn2)cc1. The zero-order valence-electron chi connectivity index (χ0n) is 12.1. The van der Waals surface area contributed by atoms with Crippen LogP contribution in [0.15, 0.2) is 36.9 Å². The minimum Gasteiger partial charge on any atom is -0.383 e. The zero-order valence-corrected chi connectivity index (χ0v) is 12.1. The summed E-state index contributed by atoms with van der Waals surface area (Å²) in [4.78, 5) is 15.7. The Kier molecular flexibility index (Phi) is 5.02. The maximum atomic E-state index is 11.8. The molecular formula is C14H19N5O2. The van der Waals surface area contributed by atoms with Crippen molar-refractivity contribution < 1.29 is 9.53 Å². The van der Waals surface area contributed by atoms with Crippen molar-refractivity contribution in [1.82, 2.24) is 20.1 Å². The molecule has 21 heavy (non-hydrogen) atoms. The molecule has 0 bridgehead atoms. The molecule has 1 aromatic heterocycles. The zero-order chi connectivity index (χ0) is 15.2. The van der Waals surface area contributed by atoms with E-state index in [9.17, 15) is 4.79 Å². The molecule has 112 valence electrons. The molecule has 2 atom stereocenters. The fraction of sp³-hybridized carbons (Fsp3) is 0.357. The first-order valence-electron chi connectivity index (χ1n) is 6.61. The van der Waals surface area contributed by atoms with Crippen LogP contribution in [0.3, 0.4) is 0 Å². The molecule has 1 amide bonds. The van der Waals surface area contributed by atoms with Gasteiger partial charge >= 0.3 is 0 Å². The Bertz CT molecular complexity index is 568. The number of hydrogen-bond acceptors (Lipinski definition) is 5. The van der Waals surface area contributed by atoms with Gasteiger partial charge in [0.2, 0.25) is 5.91 Å². The van der Waals surface area contributed by atoms with Gasteiger partial charge in [0, 0.05) is 7.11 Å². The fourth-order valence-corrected chi connectivity index (χ4v) is 1.92. The molecule has 2 rings (SSSR count). The third-order valence-electron chi connectivity index (χ3n) is 3.12. The molecule has 2 aromatic rings. The Morgan fingerprint density at radius 3 is 2.71 bits per heavy atom. The van der Waals surface area contributed by atoms with Gasteiger partial charge in [-0.2, -0.15) is 5.10 Å². The van der Waals surface area contributed by atoms with E-state index in [0.29, 0.717) is 0 Å². The van der Waals surface area contributed by atoms with Crippen molar-refractivity contribution in [3.63, 3.8) is 0 Å². The number of hydrogen-bond donors (Lipinski definition) is 2. The van der Waals surface area contributed by atoms with E-state index in [1.54, 1.807) is 11.0 Å². The molecule has 0 fully saturated rings. The molecule has 0 spiro atoms. The molecule has 2 unspecified atom stereocenters. The van der Waals surface area contributed by atoms with Crippen molar-refractivity contribution in [1.29, 1.82) is 0 Å². The first kappa shape index (κ1) is 15.1. The van der Waals surface area contributed by atoms with E-state index < -0.39 is 6.04 Å². The van der Waals surface area contributed by atoms with Gasteiger partial charge in [-0.05, 0) is 24.6 Å². The lowest BCUT2D eigenvalue weighted by atomic mass is 10.1. The number of methoxy groups -OCH3 is 1. The summed E-state index contributed by atoms with van der Waals surface area (Å²) in [5, 5.41) is 6.91. The number of nitrogens with two attached hydrogens (primary N) is 1. The van der Waals surface area contributed by atoms with E-state index in [1.165, 1.54) is 13.4 Å². The predicted octanol–water partition coefficient (Wildman–Crippen LogP) is 0.418. The van der Waals surface area contributed by atoms with Crippen molar-refractivity contribution in [2.24, 2.45) is 5.73 Å². The standard InChI is InChI=1S/C14H19N5O2/c1-10(18-14(20)13(15)7-21-2)11-3-5-12(6-4-11)19-9-16-8-17-19/h3-6,8-10,13H,7,15H2,1-2H3,(H,18,20).